The average molecular weight is 348 g/mol. The van der Waals surface area contributed by atoms with E-state index >= 15 is 0 Å². The van der Waals surface area contributed by atoms with Gasteiger partial charge in [0.2, 0.25) is 5.95 Å². The zero-order valence-electron chi connectivity index (χ0n) is 9.34. The lowest BCUT2D eigenvalue weighted by Crippen LogP contribution is -2.01. The number of rotatable bonds is 3. The van der Waals surface area contributed by atoms with Crippen LogP contribution in [0.15, 0.2) is 28.9 Å². The van der Waals surface area contributed by atoms with E-state index in [4.69, 9.17) is 23.2 Å². The molecule has 0 aliphatic heterocycles. The molecule has 7 heteroatoms. The first-order valence-electron chi connectivity index (χ1n) is 5.02. The maximum Gasteiger partial charge on any atom is 0.224 e. The molecule has 2 N–H and O–H groups in total. The first-order valence-corrected chi connectivity index (χ1v) is 6.57. The van der Waals surface area contributed by atoms with E-state index in [0.717, 1.165) is 10.2 Å². The van der Waals surface area contributed by atoms with Gasteiger partial charge >= 0.3 is 0 Å². The predicted molar refractivity (Wildman–Crippen MR) is 79.0 cm³/mol. The molecule has 1 aromatic carbocycles. The molecule has 2 aromatic rings. The van der Waals surface area contributed by atoms with Crippen molar-refractivity contribution in [3.05, 3.63) is 38.9 Å². The molecule has 0 fully saturated rings. The Hall–Kier alpha value is -1.04. The number of aromatic nitrogens is 2. The molecule has 0 saturated heterocycles. The Balaban J connectivity index is 2.33. The molecule has 0 unspecified atom stereocenters. The van der Waals surface area contributed by atoms with Crippen LogP contribution in [-0.4, -0.2) is 17.0 Å². The normalized spacial score (nSPS) is 10.2. The van der Waals surface area contributed by atoms with Crippen molar-refractivity contribution < 1.29 is 0 Å². The summed E-state index contributed by atoms with van der Waals surface area (Å²) in [6, 6.07) is 5.41. The van der Waals surface area contributed by atoms with Gasteiger partial charge in [-0.15, -0.1) is 0 Å². The molecule has 0 radical (unpaired) electrons. The second-order valence-electron chi connectivity index (χ2n) is 3.39. The molecular weight excluding hydrogens is 339 g/mol. The van der Waals surface area contributed by atoms with E-state index in [1.165, 1.54) is 6.20 Å². The minimum Gasteiger partial charge on any atom is -0.357 e. The highest BCUT2D eigenvalue weighted by molar-refractivity contribution is 9.10. The zero-order chi connectivity index (χ0) is 13.1. The van der Waals surface area contributed by atoms with Gasteiger partial charge in [-0.1, -0.05) is 23.2 Å². The van der Waals surface area contributed by atoms with E-state index in [9.17, 15) is 0 Å². The summed E-state index contributed by atoms with van der Waals surface area (Å²) in [7, 11) is 1.74. The molecule has 94 valence electrons. The van der Waals surface area contributed by atoms with Crippen LogP contribution in [0.3, 0.4) is 0 Å². The van der Waals surface area contributed by atoms with E-state index < -0.39 is 0 Å². The van der Waals surface area contributed by atoms with Crippen LogP contribution in [0.4, 0.5) is 17.5 Å². The lowest BCUT2D eigenvalue weighted by Gasteiger charge is -2.10. The van der Waals surface area contributed by atoms with E-state index in [0.29, 0.717) is 21.8 Å². The Kier molecular flexibility index (Phi) is 4.27. The maximum atomic E-state index is 6.03. The molecule has 0 saturated carbocycles. The number of nitrogens with zero attached hydrogens (tertiary/aromatic N) is 2. The summed E-state index contributed by atoms with van der Waals surface area (Å²) in [4.78, 5) is 8.24. The monoisotopic (exact) mass is 346 g/mol. The smallest absolute Gasteiger partial charge is 0.224 e. The number of anilines is 3. The van der Waals surface area contributed by atoms with Crippen molar-refractivity contribution in [2.45, 2.75) is 0 Å². The van der Waals surface area contributed by atoms with Gasteiger partial charge in [-0.05, 0) is 34.1 Å². The van der Waals surface area contributed by atoms with E-state index in [1.807, 2.05) is 6.07 Å². The van der Waals surface area contributed by atoms with Crippen molar-refractivity contribution in [2.24, 2.45) is 0 Å². The quantitative estimate of drug-likeness (QED) is 0.867. The summed E-state index contributed by atoms with van der Waals surface area (Å²) >= 11 is 15.3. The molecule has 0 atom stereocenters. The summed E-state index contributed by atoms with van der Waals surface area (Å²) in [6.45, 7) is 0. The molecule has 0 aliphatic carbocycles. The highest BCUT2D eigenvalue weighted by Gasteiger charge is 2.07. The van der Waals surface area contributed by atoms with Gasteiger partial charge in [0.1, 0.15) is 5.02 Å². The third-order valence-corrected chi connectivity index (χ3v) is 3.32. The van der Waals surface area contributed by atoms with Crippen molar-refractivity contribution in [2.75, 3.05) is 17.7 Å². The van der Waals surface area contributed by atoms with Gasteiger partial charge in [-0.2, -0.15) is 4.98 Å². The summed E-state index contributed by atoms with van der Waals surface area (Å²) < 4.78 is 0.829. The summed E-state index contributed by atoms with van der Waals surface area (Å²) in [5.41, 5.74) is 0.821. The summed E-state index contributed by atoms with van der Waals surface area (Å²) in [5, 5.41) is 7.05. The fourth-order valence-electron chi connectivity index (χ4n) is 1.29. The molecule has 18 heavy (non-hydrogen) atoms. The Morgan fingerprint density at radius 2 is 2.06 bits per heavy atom. The number of benzene rings is 1. The molecule has 0 aliphatic rings. The van der Waals surface area contributed by atoms with Crippen LogP contribution < -0.4 is 10.6 Å². The maximum absolute atomic E-state index is 6.03. The van der Waals surface area contributed by atoms with Crippen LogP contribution in [0.2, 0.25) is 10.0 Å². The van der Waals surface area contributed by atoms with Crippen LogP contribution in [0.1, 0.15) is 0 Å². The summed E-state index contributed by atoms with van der Waals surface area (Å²) in [5.74, 6) is 1.02. The number of hydrogen-bond acceptors (Lipinski definition) is 4. The van der Waals surface area contributed by atoms with Gasteiger partial charge in [0.15, 0.2) is 5.82 Å². The zero-order valence-corrected chi connectivity index (χ0v) is 12.4. The van der Waals surface area contributed by atoms with Gasteiger partial charge in [-0.3, -0.25) is 0 Å². The van der Waals surface area contributed by atoms with Crippen LogP contribution in [0, 0.1) is 0 Å². The SMILES string of the molecule is CNc1ncc(Cl)c(Nc2ccc(Cl)cc2Br)n1. The molecule has 4 nitrogen and oxygen atoms in total. The molecular formula is C11H9BrCl2N4. The Morgan fingerprint density at radius 3 is 2.72 bits per heavy atom. The topological polar surface area (TPSA) is 49.8 Å². The lowest BCUT2D eigenvalue weighted by atomic mass is 10.3. The van der Waals surface area contributed by atoms with Crippen molar-refractivity contribution in [1.82, 2.24) is 9.97 Å². The van der Waals surface area contributed by atoms with E-state index in [2.05, 4.69) is 36.5 Å². The first-order chi connectivity index (χ1) is 8.60. The number of hydrogen-bond donors (Lipinski definition) is 2. The number of halogens is 3. The average Bonchev–Trinajstić information content (AvgIpc) is 2.35. The van der Waals surface area contributed by atoms with E-state index in [-0.39, 0.29) is 0 Å². The lowest BCUT2D eigenvalue weighted by molar-refractivity contribution is 1.15. The predicted octanol–water partition coefficient (Wildman–Crippen LogP) is 4.33. The Bertz CT molecular complexity index is 577. The molecule has 1 aromatic heterocycles. The minimum absolute atomic E-state index is 0.441. The van der Waals surface area contributed by atoms with Crippen molar-refractivity contribution in [3.63, 3.8) is 0 Å². The van der Waals surface area contributed by atoms with Gasteiger partial charge in [0, 0.05) is 16.5 Å². The fourth-order valence-corrected chi connectivity index (χ4v) is 2.21. The molecule has 2 rings (SSSR count). The molecule has 0 spiro atoms. The van der Waals surface area contributed by atoms with Gasteiger partial charge in [-0.25, -0.2) is 4.98 Å². The van der Waals surface area contributed by atoms with Gasteiger partial charge in [0.25, 0.3) is 0 Å². The first kappa shape index (κ1) is 13.4. The standard InChI is InChI=1S/C11H9BrCl2N4/c1-15-11-16-5-8(14)10(18-11)17-9-3-2-6(13)4-7(9)12/h2-5H,1H3,(H2,15,16,17,18). The fraction of sp³-hybridized carbons (Fsp3) is 0.0909. The minimum atomic E-state index is 0.441. The largest absolute Gasteiger partial charge is 0.357 e. The third kappa shape index (κ3) is 3.04. The Morgan fingerprint density at radius 1 is 1.28 bits per heavy atom. The van der Waals surface area contributed by atoms with Crippen LogP contribution >= 0.6 is 39.1 Å². The molecule has 0 bridgehead atoms. The van der Waals surface area contributed by atoms with Crippen LogP contribution in [0.5, 0.6) is 0 Å². The summed E-state index contributed by atoms with van der Waals surface area (Å²) in [6.07, 6.45) is 1.53. The second-order valence-corrected chi connectivity index (χ2v) is 5.09. The molecule has 1 heterocycles. The highest BCUT2D eigenvalue weighted by atomic mass is 79.9. The Labute approximate surface area is 123 Å². The van der Waals surface area contributed by atoms with Crippen LogP contribution in [0.25, 0.3) is 0 Å². The number of nitrogens with one attached hydrogen (secondary N) is 2. The van der Waals surface area contributed by atoms with E-state index in [1.54, 1.807) is 19.2 Å². The van der Waals surface area contributed by atoms with Gasteiger partial charge in [0.05, 0.1) is 11.9 Å². The van der Waals surface area contributed by atoms with Crippen molar-refractivity contribution >= 4 is 56.6 Å². The van der Waals surface area contributed by atoms with Crippen molar-refractivity contribution in [1.29, 1.82) is 0 Å². The van der Waals surface area contributed by atoms with Crippen LogP contribution in [-0.2, 0) is 0 Å². The third-order valence-electron chi connectivity index (χ3n) is 2.15. The molecule has 0 amide bonds. The highest BCUT2D eigenvalue weighted by Crippen LogP contribution is 2.30. The van der Waals surface area contributed by atoms with Gasteiger partial charge < -0.3 is 10.6 Å². The second kappa shape index (κ2) is 5.73. The van der Waals surface area contributed by atoms with Crippen molar-refractivity contribution in [3.8, 4) is 0 Å².